The average molecular weight is 528 g/mol. The zero-order valence-electron chi connectivity index (χ0n) is 21.0. The molecule has 0 saturated carbocycles. The predicted octanol–water partition coefficient (Wildman–Crippen LogP) is 2.66. The Kier molecular flexibility index (Phi) is 7.75. The van der Waals surface area contributed by atoms with Gasteiger partial charge in [-0.1, -0.05) is 6.92 Å². The van der Waals surface area contributed by atoms with E-state index in [1.807, 2.05) is 33.8 Å². The monoisotopic (exact) mass is 527 g/mol. The van der Waals surface area contributed by atoms with Gasteiger partial charge in [0.1, 0.15) is 11.3 Å². The maximum Gasteiger partial charge on any atom is 0.407 e. The van der Waals surface area contributed by atoms with E-state index in [0.29, 0.717) is 44.5 Å². The Balaban J connectivity index is 1.31. The van der Waals surface area contributed by atoms with Crippen molar-refractivity contribution in [1.29, 1.82) is 0 Å². The third-order valence-corrected chi connectivity index (χ3v) is 9.98. The highest BCUT2D eigenvalue weighted by molar-refractivity contribution is 7.86. The molecule has 1 aromatic rings. The molecule has 10 nitrogen and oxygen atoms in total. The number of rotatable bonds is 6. The number of hydrogen-bond acceptors (Lipinski definition) is 7. The van der Waals surface area contributed by atoms with Crippen molar-refractivity contribution in [2.45, 2.75) is 102 Å². The van der Waals surface area contributed by atoms with E-state index in [0.717, 1.165) is 24.1 Å². The van der Waals surface area contributed by atoms with Gasteiger partial charge in [-0.05, 0) is 83.3 Å². The summed E-state index contributed by atoms with van der Waals surface area (Å²) >= 11 is 1.34. The largest absolute Gasteiger partial charge is 0.444 e. The van der Waals surface area contributed by atoms with E-state index in [4.69, 9.17) is 4.74 Å². The SMILES string of the molecule is CCc1cc(C(=O)N[C@H]2C[C@H]3CC[C@@H](C2)N3S(=O)(=O)N2CCC(NC(=O)OC(C)(C)C)CC2)ns1. The van der Waals surface area contributed by atoms with Crippen LogP contribution in [0.2, 0.25) is 0 Å². The first-order valence-electron chi connectivity index (χ1n) is 12.5. The summed E-state index contributed by atoms with van der Waals surface area (Å²) < 4.78 is 39.9. The standard InChI is InChI=1S/C23H37N5O5S2/c1-5-19-14-20(26-34-19)21(29)24-16-12-17-6-7-18(13-16)28(17)35(31,32)27-10-8-15(9-11-27)25-22(30)33-23(2,3)4/h14-18H,5-13H2,1-4H3,(H,24,29)(H,25,30)/t16-,17+,18-. The highest BCUT2D eigenvalue weighted by Crippen LogP contribution is 2.39. The van der Waals surface area contributed by atoms with Crippen LogP contribution in [0.4, 0.5) is 4.79 Å². The second-order valence-electron chi connectivity index (χ2n) is 10.7. The van der Waals surface area contributed by atoms with Gasteiger partial charge in [-0.2, -0.15) is 21.4 Å². The fourth-order valence-electron chi connectivity index (χ4n) is 5.31. The molecule has 3 fully saturated rings. The van der Waals surface area contributed by atoms with E-state index in [1.165, 1.54) is 11.5 Å². The van der Waals surface area contributed by atoms with Gasteiger partial charge in [-0.15, -0.1) is 0 Å². The molecular formula is C23H37N5O5S2. The smallest absolute Gasteiger partial charge is 0.407 e. The van der Waals surface area contributed by atoms with Crippen molar-refractivity contribution < 1.29 is 22.7 Å². The van der Waals surface area contributed by atoms with Crippen LogP contribution in [0, 0.1) is 0 Å². The first-order chi connectivity index (χ1) is 16.5. The van der Waals surface area contributed by atoms with Crippen molar-refractivity contribution in [3.05, 3.63) is 16.6 Å². The molecule has 4 heterocycles. The number of alkyl carbamates (subject to hydrolysis) is 1. The van der Waals surface area contributed by atoms with Crippen molar-refractivity contribution in [3.63, 3.8) is 0 Å². The molecule has 3 aliphatic rings. The van der Waals surface area contributed by atoms with Crippen molar-refractivity contribution in [2.75, 3.05) is 13.1 Å². The summed E-state index contributed by atoms with van der Waals surface area (Å²) in [5.41, 5.74) is -0.130. The van der Waals surface area contributed by atoms with Crippen LogP contribution in [0.1, 0.15) is 81.6 Å². The van der Waals surface area contributed by atoms with Crippen molar-refractivity contribution >= 4 is 33.7 Å². The van der Waals surface area contributed by atoms with Crippen LogP contribution in [-0.2, 0) is 21.4 Å². The molecule has 35 heavy (non-hydrogen) atoms. The second-order valence-corrected chi connectivity index (χ2v) is 13.4. The molecule has 196 valence electrons. The fraction of sp³-hybridized carbons (Fsp3) is 0.783. The maximum absolute atomic E-state index is 13.5. The van der Waals surface area contributed by atoms with E-state index < -0.39 is 21.9 Å². The summed E-state index contributed by atoms with van der Waals surface area (Å²) in [6.07, 6.45) is 4.32. The van der Waals surface area contributed by atoms with Crippen LogP contribution in [0.15, 0.2) is 6.07 Å². The van der Waals surface area contributed by atoms with Crippen LogP contribution >= 0.6 is 11.5 Å². The first kappa shape index (κ1) is 26.3. The number of amides is 2. The minimum Gasteiger partial charge on any atom is -0.444 e. The molecule has 0 spiro atoms. The lowest BCUT2D eigenvalue weighted by Gasteiger charge is -2.42. The lowest BCUT2D eigenvalue weighted by Crippen LogP contribution is -2.57. The quantitative estimate of drug-likeness (QED) is 0.587. The molecule has 2 bridgehead atoms. The second kappa shape index (κ2) is 10.3. The number of piperidine rings is 2. The molecule has 0 aromatic carbocycles. The molecule has 4 rings (SSSR count). The third kappa shape index (κ3) is 6.15. The van der Waals surface area contributed by atoms with E-state index >= 15 is 0 Å². The van der Waals surface area contributed by atoms with Crippen LogP contribution < -0.4 is 10.6 Å². The van der Waals surface area contributed by atoms with E-state index in [1.54, 1.807) is 8.61 Å². The van der Waals surface area contributed by atoms with Gasteiger partial charge in [0.25, 0.3) is 16.1 Å². The molecule has 3 atom stereocenters. The molecule has 0 unspecified atom stereocenters. The normalized spacial score (nSPS) is 26.5. The Hall–Kier alpha value is -1.76. The molecule has 3 saturated heterocycles. The van der Waals surface area contributed by atoms with Crippen molar-refractivity contribution in [1.82, 2.24) is 23.6 Å². The topological polar surface area (TPSA) is 121 Å². The molecular weight excluding hydrogens is 490 g/mol. The van der Waals surface area contributed by atoms with Gasteiger partial charge in [-0.25, -0.2) is 4.79 Å². The minimum absolute atomic E-state index is 0.0537. The lowest BCUT2D eigenvalue weighted by molar-refractivity contribution is 0.0488. The van der Waals surface area contributed by atoms with Crippen LogP contribution in [-0.4, -0.2) is 76.3 Å². The number of aromatic nitrogens is 1. The molecule has 0 aliphatic carbocycles. The van der Waals surface area contributed by atoms with Crippen LogP contribution in [0.25, 0.3) is 0 Å². The minimum atomic E-state index is -3.61. The molecule has 2 amide bonds. The Bertz CT molecular complexity index is 1020. The van der Waals surface area contributed by atoms with Crippen molar-refractivity contribution in [2.24, 2.45) is 0 Å². The van der Waals surface area contributed by atoms with Gasteiger partial charge >= 0.3 is 6.09 Å². The number of aryl methyl sites for hydroxylation is 1. The molecule has 12 heteroatoms. The number of nitrogens with one attached hydrogen (secondary N) is 2. The zero-order chi connectivity index (χ0) is 25.4. The molecule has 1 aromatic heterocycles. The van der Waals surface area contributed by atoms with Gasteiger partial charge < -0.3 is 15.4 Å². The van der Waals surface area contributed by atoms with Gasteiger partial charge in [0.15, 0.2) is 0 Å². The fourth-order valence-corrected chi connectivity index (χ4v) is 8.03. The van der Waals surface area contributed by atoms with E-state index in [-0.39, 0.29) is 30.1 Å². The number of carbonyl (C=O) groups is 2. The van der Waals surface area contributed by atoms with Gasteiger partial charge in [-0.3, -0.25) is 4.79 Å². The van der Waals surface area contributed by atoms with Crippen LogP contribution in [0.3, 0.4) is 0 Å². The maximum atomic E-state index is 13.5. The zero-order valence-corrected chi connectivity index (χ0v) is 22.6. The van der Waals surface area contributed by atoms with Gasteiger partial charge in [0, 0.05) is 42.1 Å². The predicted molar refractivity (Wildman–Crippen MR) is 134 cm³/mol. The molecule has 3 aliphatic heterocycles. The average Bonchev–Trinajstić information content (AvgIpc) is 3.36. The summed E-state index contributed by atoms with van der Waals surface area (Å²) in [5.74, 6) is -0.179. The van der Waals surface area contributed by atoms with Crippen molar-refractivity contribution in [3.8, 4) is 0 Å². The Labute approximate surface area is 212 Å². The van der Waals surface area contributed by atoms with E-state index in [9.17, 15) is 18.0 Å². The summed E-state index contributed by atoms with van der Waals surface area (Å²) in [4.78, 5) is 25.8. The van der Waals surface area contributed by atoms with Gasteiger partial charge in [0.05, 0.1) is 0 Å². The Morgan fingerprint density at radius 2 is 1.71 bits per heavy atom. The Morgan fingerprint density at radius 1 is 1.09 bits per heavy atom. The van der Waals surface area contributed by atoms with Gasteiger partial charge in [0.2, 0.25) is 0 Å². The number of nitrogens with zero attached hydrogens (tertiary/aromatic N) is 3. The van der Waals surface area contributed by atoms with E-state index in [2.05, 4.69) is 15.0 Å². The summed E-state index contributed by atoms with van der Waals surface area (Å²) in [7, 11) is -3.61. The third-order valence-electron chi connectivity index (χ3n) is 6.91. The van der Waals surface area contributed by atoms with Crippen LogP contribution in [0.5, 0.6) is 0 Å². The summed E-state index contributed by atoms with van der Waals surface area (Å²) in [5, 5.41) is 5.94. The highest BCUT2D eigenvalue weighted by atomic mass is 32.2. The molecule has 0 radical (unpaired) electrons. The lowest BCUT2D eigenvalue weighted by atomic mass is 9.99. The first-order valence-corrected chi connectivity index (χ1v) is 14.7. The number of fused-ring (bicyclic) bond motifs is 2. The molecule has 2 N–H and O–H groups in total. The highest BCUT2D eigenvalue weighted by Gasteiger charge is 2.49. The Morgan fingerprint density at radius 3 is 2.26 bits per heavy atom. The number of carbonyl (C=O) groups excluding carboxylic acids is 2. The summed E-state index contributed by atoms with van der Waals surface area (Å²) in [6, 6.07) is 1.46. The summed E-state index contributed by atoms with van der Waals surface area (Å²) in [6.45, 7) is 8.19. The number of ether oxygens (including phenoxy) is 1. The number of hydrogen-bond donors (Lipinski definition) is 2.